The third kappa shape index (κ3) is 7.00. The average molecular weight is 247 g/mol. The summed E-state index contributed by atoms with van der Waals surface area (Å²) in [6.45, 7) is 14.1. The number of allylic oxidation sites excluding steroid dienone is 5. The van der Waals surface area contributed by atoms with Gasteiger partial charge in [0.05, 0.1) is 0 Å². The summed E-state index contributed by atoms with van der Waals surface area (Å²) >= 11 is 0. The van der Waals surface area contributed by atoms with Gasteiger partial charge in [0.1, 0.15) is 0 Å². The van der Waals surface area contributed by atoms with Crippen molar-refractivity contribution in [1.82, 2.24) is 0 Å². The van der Waals surface area contributed by atoms with Gasteiger partial charge in [0.15, 0.2) is 5.78 Å². The summed E-state index contributed by atoms with van der Waals surface area (Å²) in [5, 5.41) is 0. The number of rotatable bonds is 5. The summed E-state index contributed by atoms with van der Waals surface area (Å²) in [5.41, 5.74) is 2.92. The normalized spacial score (nSPS) is 12.7. The Morgan fingerprint density at radius 2 is 1.78 bits per heavy atom. The maximum atomic E-state index is 11.7. The third-order valence-electron chi connectivity index (χ3n) is 2.34. The highest BCUT2D eigenvalue weighted by Crippen LogP contribution is 2.25. The van der Waals surface area contributed by atoms with Crippen molar-refractivity contribution >= 4 is 12.0 Å². The van der Waals surface area contributed by atoms with Crippen LogP contribution in [-0.2, 0) is 4.79 Å². The van der Waals surface area contributed by atoms with Crippen molar-refractivity contribution in [2.75, 3.05) is 7.05 Å². The zero-order valence-corrected chi connectivity index (χ0v) is 12.5. The molecule has 0 N–H and O–H groups in total. The first-order valence-corrected chi connectivity index (χ1v) is 6.16. The van der Waals surface area contributed by atoms with Crippen molar-refractivity contribution in [1.29, 1.82) is 0 Å². The number of aliphatic imine (C=N–C) groups is 1. The van der Waals surface area contributed by atoms with E-state index in [0.29, 0.717) is 6.42 Å². The molecule has 18 heavy (non-hydrogen) atoms. The highest BCUT2D eigenvalue weighted by Gasteiger charge is 2.15. The van der Waals surface area contributed by atoms with E-state index in [1.807, 2.05) is 26.1 Å². The maximum absolute atomic E-state index is 11.7. The van der Waals surface area contributed by atoms with Crippen molar-refractivity contribution in [2.45, 2.75) is 41.0 Å². The second-order valence-corrected chi connectivity index (χ2v) is 5.76. The average Bonchev–Trinajstić information content (AvgIpc) is 2.13. The minimum absolute atomic E-state index is 0.00199. The number of ketones is 1. The van der Waals surface area contributed by atoms with Crippen molar-refractivity contribution < 1.29 is 4.79 Å². The molecule has 0 fully saturated rings. The third-order valence-corrected chi connectivity index (χ3v) is 2.34. The molecule has 2 nitrogen and oxygen atoms in total. The predicted octanol–water partition coefficient (Wildman–Crippen LogP) is 4.14. The van der Waals surface area contributed by atoms with Crippen LogP contribution >= 0.6 is 0 Å². The molecule has 0 unspecified atom stereocenters. The van der Waals surface area contributed by atoms with Crippen LogP contribution in [0.3, 0.4) is 0 Å². The van der Waals surface area contributed by atoms with E-state index in [2.05, 4.69) is 32.3 Å². The molecule has 2 heteroatoms. The molecule has 0 saturated heterocycles. The van der Waals surface area contributed by atoms with Gasteiger partial charge in [-0.3, -0.25) is 9.79 Å². The molecule has 0 amide bonds. The van der Waals surface area contributed by atoms with Gasteiger partial charge in [0, 0.05) is 19.7 Å². The van der Waals surface area contributed by atoms with Crippen LogP contribution in [0, 0.1) is 5.41 Å². The lowest BCUT2D eigenvalue weighted by atomic mass is 9.85. The zero-order valence-electron chi connectivity index (χ0n) is 12.5. The molecule has 100 valence electrons. The van der Waals surface area contributed by atoms with E-state index >= 15 is 0 Å². The second-order valence-electron chi connectivity index (χ2n) is 5.76. The van der Waals surface area contributed by atoms with Gasteiger partial charge in [-0.25, -0.2) is 0 Å². The molecular formula is C16H25NO. The molecule has 0 aromatic carbocycles. The lowest BCUT2D eigenvalue weighted by molar-refractivity contribution is -0.114. The van der Waals surface area contributed by atoms with E-state index in [-0.39, 0.29) is 11.2 Å². The minimum Gasteiger partial charge on any atom is -0.296 e. The Hall–Kier alpha value is -1.44. The Bertz CT molecular complexity index is 399. The van der Waals surface area contributed by atoms with Crippen LogP contribution in [0.4, 0.5) is 0 Å². The van der Waals surface area contributed by atoms with Gasteiger partial charge in [-0.2, -0.15) is 0 Å². The fourth-order valence-corrected chi connectivity index (χ4v) is 1.45. The quantitative estimate of drug-likeness (QED) is 0.408. The minimum atomic E-state index is 0.00199. The van der Waals surface area contributed by atoms with Crippen molar-refractivity contribution in [3.05, 3.63) is 35.5 Å². The summed E-state index contributed by atoms with van der Waals surface area (Å²) in [4.78, 5) is 15.7. The molecule has 0 rings (SSSR count). The first-order valence-electron chi connectivity index (χ1n) is 6.16. The Morgan fingerprint density at radius 3 is 2.17 bits per heavy atom. The van der Waals surface area contributed by atoms with Gasteiger partial charge in [-0.15, -0.1) is 0 Å². The van der Waals surface area contributed by atoms with Crippen LogP contribution in [0.25, 0.3) is 0 Å². The number of carbonyl (C=O) groups is 1. The van der Waals surface area contributed by atoms with Crippen LogP contribution < -0.4 is 0 Å². The van der Waals surface area contributed by atoms with E-state index in [1.165, 1.54) is 0 Å². The van der Waals surface area contributed by atoms with Gasteiger partial charge >= 0.3 is 0 Å². The van der Waals surface area contributed by atoms with Crippen LogP contribution in [0.2, 0.25) is 0 Å². The molecule has 0 radical (unpaired) electrons. The van der Waals surface area contributed by atoms with Crippen molar-refractivity contribution in [3.63, 3.8) is 0 Å². The van der Waals surface area contributed by atoms with Crippen molar-refractivity contribution in [2.24, 2.45) is 10.4 Å². The van der Waals surface area contributed by atoms with E-state index in [1.54, 1.807) is 13.1 Å². The topological polar surface area (TPSA) is 29.4 Å². The van der Waals surface area contributed by atoms with Crippen LogP contribution in [0.1, 0.15) is 41.0 Å². The molecule has 0 aliphatic heterocycles. The Labute approximate surface area is 111 Å². The largest absolute Gasteiger partial charge is 0.296 e. The Kier molecular flexibility index (Phi) is 6.53. The summed E-state index contributed by atoms with van der Waals surface area (Å²) in [6, 6.07) is 0. The fourth-order valence-electron chi connectivity index (χ4n) is 1.45. The number of carbonyl (C=O) groups excluding carboxylic acids is 1. The van der Waals surface area contributed by atoms with Crippen LogP contribution in [-0.4, -0.2) is 19.0 Å². The Morgan fingerprint density at radius 1 is 1.22 bits per heavy atom. The lowest BCUT2D eigenvalue weighted by Crippen LogP contribution is -2.11. The van der Waals surface area contributed by atoms with Crippen LogP contribution in [0.5, 0.6) is 0 Å². The fraction of sp³-hybridized carbons (Fsp3) is 0.500. The summed E-state index contributed by atoms with van der Waals surface area (Å²) in [6.07, 6.45) is 5.81. The summed E-state index contributed by atoms with van der Waals surface area (Å²) in [7, 11) is 1.75. The molecule has 0 aromatic rings. The lowest BCUT2D eigenvalue weighted by Gasteiger charge is -2.20. The van der Waals surface area contributed by atoms with Gasteiger partial charge in [0.25, 0.3) is 0 Å². The molecule has 0 bridgehead atoms. The van der Waals surface area contributed by atoms with Gasteiger partial charge in [0.2, 0.25) is 0 Å². The highest BCUT2D eigenvalue weighted by molar-refractivity contribution is 5.92. The Balaban J connectivity index is 4.89. The van der Waals surface area contributed by atoms with Crippen molar-refractivity contribution in [3.8, 4) is 0 Å². The first kappa shape index (κ1) is 16.6. The maximum Gasteiger partial charge on any atom is 0.159 e. The second kappa shape index (κ2) is 7.10. The smallest absolute Gasteiger partial charge is 0.159 e. The van der Waals surface area contributed by atoms with Crippen LogP contribution in [0.15, 0.2) is 40.4 Å². The molecule has 0 spiro atoms. The molecule has 0 saturated carbocycles. The van der Waals surface area contributed by atoms with E-state index in [0.717, 1.165) is 16.7 Å². The molecule has 0 atom stereocenters. The molecule has 0 aliphatic carbocycles. The van der Waals surface area contributed by atoms with Gasteiger partial charge in [-0.1, -0.05) is 39.0 Å². The standard InChI is InChI=1S/C16H25NO/c1-12(2)8-15(18)10-13(3)9-14(11-17-7)16(4,5)6/h8-9,11H,3,10H2,1-2,4-7H3/b14-9+,17-11?. The van der Waals surface area contributed by atoms with E-state index in [4.69, 9.17) is 0 Å². The summed E-state index contributed by atoms with van der Waals surface area (Å²) < 4.78 is 0. The zero-order chi connectivity index (χ0) is 14.3. The number of hydrogen-bond acceptors (Lipinski definition) is 2. The van der Waals surface area contributed by atoms with E-state index in [9.17, 15) is 4.79 Å². The van der Waals surface area contributed by atoms with Gasteiger partial charge in [-0.05, 0) is 36.5 Å². The number of nitrogens with zero attached hydrogens (tertiary/aromatic N) is 1. The summed E-state index contributed by atoms with van der Waals surface area (Å²) in [5.74, 6) is 0.0953. The molecule has 0 aromatic heterocycles. The van der Waals surface area contributed by atoms with E-state index < -0.39 is 0 Å². The number of hydrogen-bond donors (Lipinski definition) is 0. The predicted molar refractivity (Wildman–Crippen MR) is 80.1 cm³/mol. The SMILES string of the molecule is C=C(/C=C(\C=NC)C(C)(C)C)CC(=O)C=C(C)C. The first-order chi connectivity index (χ1) is 8.16. The molecule has 0 aliphatic rings. The highest BCUT2D eigenvalue weighted by atomic mass is 16.1. The van der Waals surface area contributed by atoms with Gasteiger partial charge < -0.3 is 0 Å². The molecular weight excluding hydrogens is 222 g/mol. The molecule has 0 heterocycles. The monoisotopic (exact) mass is 247 g/mol.